The van der Waals surface area contributed by atoms with Crippen LogP contribution in [0.2, 0.25) is 0 Å². The lowest BCUT2D eigenvalue weighted by molar-refractivity contribution is -0.159. The summed E-state index contributed by atoms with van der Waals surface area (Å²) in [6.45, 7) is 7.82. The number of hydrogen-bond donors (Lipinski definition) is 0. The number of ether oxygens (including phenoxy) is 1. The fraction of sp³-hybridized carbons (Fsp3) is 0.909. The molecule has 0 bridgehead atoms. The summed E-state index contributed by atoms with van der Waals surface area (Å²) in [5, 5.41) is 0.696. The molecular weight excluding hydrogens is 244 g/mol. The van der Waals surface area contributed by atoms with Crippen molar-refractivity contribution < 1.29 is 9.53 Å². The minimum Gasteiger partial charge on any atom is -0.460 e. The number of unbranched alkanes of at least 4 members (excludes halogenated alkanes) is 1. The summed E-state index contributed by atoms with van der Waals surface area (Å²) in [6.07, 6.45) is 3.11. The van der Waals surface area contributed by atoms with Gasteiger partial charge in [0, 0.05) is 5.33 Å². The van der Waals surface area contributed by atoms with Crippen LogP contribution in [0.3, 0.4) is 0 Å². The van der Waals surface area contributed by atoms with Gasteiger partial charge in [0.25, 0.3) is 0 Å². The van der Waals surface area contributed by atoms with Crippen molar-refractivity contribution in [2.24, 2.45) is 5.92 Å². The lowest BCUT2D eigenvalue weighted by Gasteiger charge is -2.23. The number of rotatable bonds is 5. The van der Waals surface area contributed by atoms with E-state index in [1.165, 1.54) is 0 Å². The molecule has 0 aliphatic carbocycles. The molecule has 0 rings (SSSR count). The summed E-state index contributed by atoms with van der Waals surface area (Å²) >= 11 is 3.35. The largest absolute Gasteiger partial charge is 0.460 e. The van der Waals surface area contributed by atoms with Gasteiger partial charge in [0.15, 0.2) is 0 Å². The third-order valence-corrected chi connectivity index (χ3v) is 2.61. The Balaban J connectivity index is 4.04. The quantitative estimate of drug-likeness (QED) is 0.561. The molecule has 0 aromatic heterocycles. The number of hydrogen-bond acceptors (Lipinski definition) is 2. The van der Waals surface area contributed by atoms with Crippen LogP contribution in [0, 0.1) is 5.92 Å². The minimum atomic E-state index is -0.371. The highest BCUT2D eigenvalue weighted by Gasteiger charge is 2.23. The summed E-state index contributed by atoms with van der Waals surface area (Å²) in [5.41, 5.74) is -0.371. The first-order chi connectivity index (χ1) is 6.40. The van der Waals surface area contributed by atoms with Crippen LogP contribution in [-0.4, -0.2) is 16.9 Å². The SMILES string of the molecule is CCCCC(CBr)C(=O)OC(C)(C)C. The molecular formula is C11H21BrO2. The molecule has 0 heterocycles. The van der Waals surface area contributed by atoms with Gasteiger partial charge >= 0.3 is 5.97 Å². The van der Waals surface area contributed by atoms with Crippen molar-refractivity contribution in [2.75, 3.05) is 5.33 Å². The molecule has 1 atom stereocenters. The summed E-state index contributed by atoms with van der Waals surface area (Å²) in [6, 6.07) is 0. The highest BCUT2D eigenvalue weighted by molar-refractivity contribution is 9.09. The van der Waals surface area contributed by atoms with Gasteiger partial charge in [-0.3, -0.25) is 4.79 Å². The van der Waals surface area contributed by atoms with Gasteiger partial charge in [0.2, 0.25) is 0 Å². The smallest absolute Gasteiger partial charge is 0.310 e. The molecule has 0 aliphatic heterocycles. The molecule has 0 saturated carbocycles. The van der Waals surface area contributed by atoms with Gasteiger partial charge in [0.1, 0.15) is 5.60 Å². The molecule has 1 unspecified atom stereocenters. The maximum atomic E-state index is 11.6. The van der Waals surface area contributed by atoms with E-state index in [0.717, 1.165) is 19.3 Å². The third kappa shape index (κ3) is 6.41. The van der Waals surface area contributed by atoms with E-state index in [2.05, 4.69) is 22.9 Å². The van der Waals surface area contributed by atoms with E-state index in [1.807, 2.05) is 20.8 Å². The second-order valence-corrected chi connectivity index (χ2v) is 5.17. The number of carbonyl (C=O) groups is 1. The average molecular weight is 265 g/mol. The zero-order valence-electron chi connectivity index (χ0n) is 9.60. The Bertz CT molecular complexity index is 173. The van der Waals surface area contributed by atoms with Crippen LogP contribution in [0.25, 0.3) is 0 Å². The van der Waals surface area contributed by atoms with E-state index in [-0.39, 0.29) is 17.5 Å². The first-order valence-corrected chi connectivity index (χ1v) is 6.31. The first kappa shape index (κ1) is 13.9. The van der Waals surface area contributed by atoms with Gasteiger partial charge < -0.3 is 4.74 Å². The highest BCUT2D eigenvalue weighted by atomic mass is 79.9. The Kier molecular flexibility index (Phi) is 6.41. The number of alkyl halides is 1. The number of esters is 1. The van der Waals surface area contributed by atoms with Crippen LogP contribution in [-0.2, 0) is 9.53 Å². The Morgan fingerprint density at radius 1 is 1.43 bits per heavy atom. The molecule has 0 aliphatic rings. The summed E-state index contributed by atoms with van der Waals surface area (Å²) in [4.78, 5) is 11.6. The average Bonchev–Trinajstić information content (AvgIpc) is 2.02. The minimum absolute atomic E-state index is 0.00850. The molecule has 3 heteroatoms. The molecule has 0 aromatic rings. The van der Waals surface area contributed by atoms with E-state index in [1.54, 1.807) is 0 Å². The maximum Gasteiger partial charge on any atom is 0.310 e. The van der Waals surface area contributed by atoms with Crippen LogP contribution in [0.1, 0.15) is 47.0 Å². The molecule has 0 amide bonds. The van der Waals surface area contributed by atoms with Gasteiger partial charge in [-0.1, -0.05) is 35.7 Å². The normalized spacial score (nSPS) is 13.8. The monoisotopic (exact) mass is 264 g/mol. The van der Waals surface area contributed by atoms with Gasteiger partial charge in [-0.25, -0.2) is 0 Å². The van der Waals surface area contributed by atoms with Crippen molar-refractivity contribution in [3.8, 4) is 0 Å². The topological polar surface area (TPSA) is 26.3 Å². The van der Waals surface area contributed by atoms with E-state index < -0.39 is 0 Å². The molecule has 0 aromatic carbocycles. The standard InChI is InChI=1S/C11H21BrO2/c1-5-6-7-9(8-12)10(13)14-11(2,3)4/h9H,5-8H2,1-4H3. The molecule has 0 spiro atoms. The van der Waals surface area contributed by atoms with E-state index in [0.29, 0.717) is 5.33 Å². The molecule has 84 valence electrons. The molecule has 14 heavy (non-hydrogen) atoms. The Hall–Kier alpha value is -0.0500. The summed E-state index contributed by atoms with van der Waals surface area (Å²) in [5.74, 6) is -0.0722. The fourth-order valence-corrected chi connectivity index (χ4v) is 1.68. The molecule has 0 N–H and O–H groups in total. The highest BCUT2D eigenvalue weighted by Crippen LogP contribution is 2.17. The van der Waals surface area contributed by atoms with Crippen molar-refractivity contribution in [2.45, 2.75) is 52.6 Å². The van der Waals surface area contributed by atoms with Crippen LogP contribution in [0.4, 0.5) is 0 Å². The first-order valence-electron chi connectivity index (χ1n) is 5.19. The fourth-order valence-electron chi connectivity index (χ4n) is 1.09. The Labute approximate surface area is 95.5 Å². The predicted octanol–water partition coefficient (Wildman–Crippen LogP) is 3.53. The molecule has 2 nitrogen and oxygen atoms in total. The molecule has 0 fully saturated rings. The zero-order valence-corrected chi connectivity index (χ0v) is 11.2. The second kappa shape index (κ2) is 6.44. The van der Waals surface area contributed by atoms with Crippen molar-refractivity contribution >= 4 is 21.9 Å². The van der Waals surface area contributed by atoms with Crippen molar-refractivity contribution in [3.63, 3.8) is 0 Å². The van der Waals surface area contributed by atoms with E-state index in [9.17, 15) is 4.79 Å². The molecule has 0 saturated heterocycles. The Morgan fingerprint density at radius 3 is 2.36 bits per heavy atom. The van der Waals surface area contributed by atoms with Crippen molar-refractivity contribution in [1.82, 2.24) is 0 Å². The van der Waals surface area contributed by atoms with Gasteiger partial charge in [-0.2, -0.15) is 0 Å². The second-order valence-electron chi connectivity index (χ2n) is 4.53. The summed E-state index contributed by atoms with van der Waals surface area (Å²) < 4.78 is 5.32. The van der Waals surface area contributed by atoms with Crippen LogP contribution >= 0.6 is 15.9 Å². The maximum absolute atomic E-state index is 11.6. The number of halogens is 1. The van der Waals surface area contributed by atoms with Gasteiger partial charge in [0.05, 0.1) is 5.92 Å². The summed E-state index contributed by atoms with van der Waals surface area (Å²) in [7, 11) is 0. The van der Waals surface area contributed by atoms with Crippen LogP contribution < -0.4 is 0 Å². The zero-order chi connectivity index (χ0) is 11.2. The van der Waals surface area contributed by atoms with Crippen LogP contribution in [0.15, 0.2) is 0 Å². The van der Waals surface area contributed by atoms with Crippen LogP contribution in [0.5, 0.6) is 0 Å². The third-order valence-electron chi connectivity index (χ3n) is 1.83. The van der Waals surface area contributed by atoms with E-state index >= 15 is 0 Å². The predicted molar refractivity (Wildman–Crippen MR) is 62.7 cm³/mol. The number of carbonyl (C=O) groups excluding carboxylic acids is 1. The lowest BCUT2D eigenvalue weighted by atomic mass is 10.0. The van der Waals surface area contributed by atoms with Crippen molar-refractivity contribution in [1.29, 1.82) is 0 Å². The lowest BCUT2D eigenvalue weighted by Crippen LogP contribution is -2.29. The molecule has 0 radical (unpaired) electrons. The van der Waals surface area contributed by atoms with Gasteiger partial charge in [-0.05, 0) is 27.2 Å². The van der Waals surface area contributed by atoms with Crippen molar-refractivity contribution in [3.05, 3.63) is 0 Å². The van der Waals surface area contributed by atoms with E-state index in [4.69, 9.17) is 4.74 Å². The van der Waals surface area contributed by atoms with Gasteiger partial charge in [-0.15, -0.1) is 0 Å². The Morgan fingerprint density at radius 2 is 2.00 bits per heavy atom.